The molecule has 2 heterocycles. The fourth-order valence-corrected chi connectivity index (χ4v) is 3.87. The molecule has 7 nitrogen and oxygen atoms in total. The number of fused-ring (bicyclic) bond motifs is 1. The minimum absolute atomic E-state index is 0.0143. The van der Waals surface area contributed by atoms with Crippen molar-refractivity contribution in [3.05, 3.63) is 54.1 Å². The smallest absolute Gasteiger partial charge is 0.238 e. The molecule has 0 aliphatic carbocycles. The van der Waals surface area contributed by atoms with Crippen molar-refractivity contribution in [2.24, 2.45) is 5.14 Å². The Morgan fingerprint density at radius 3 is 2.37 bits per heavy atom. The molecule has 4 aromatic rings. The van der Waals surface area contributed by atoms with E-state index in [9.17, 15) is 17.2 Å². The predicted octanol–water partition coefficient (Wildman–Crippen LogP) is 3.36. The molecule has 0 aliphatic heterocycles. The molecule has 0 spiro atoms. The van der Waals surface area contributed by atoms with Gasteiger partial charge < -0.3 is 5.32 Å². The van der Waals surface area contributed by atoms with Crippen LogP contribution in [0.4, 0.5) is 19.6 Å². The van der Waals surface area contributed by atoms with Crippen molar-refractivity contribution in [1.29, 1.82) is 0 Å². The number of nitrogens with two attached hydrogens (primary N) is 1. The van der Waals surface area contributed by atoms with Crippen molar-refractivity contribution in [2.75, 3.05) is 5.32 Å². The molecule has 0 saturated heterocycles. The summed E-state index contributed by atoms with van der Waals surface area (Å²) in [6, 6.07) is 9.37. The van der Waals surface area contributed by atoms with Crippen molar-refractivity contribution >= 4 is 42.5 Å². The van der Waals surface area contributed by atoms with Gasteiger partial charge in [0.15, 0.2) is 9.96 Å². The van der Waals surface area contributed by atoms with Gasteiger partial charge in [-0.3, -0.25) is 5.10 Å². The second kappa shape index (κ2) is 6.37. The Kier molecular flexibility index (Phi) is 4.13. The number of rotatable bonds is 4. The van der Waals surface area contributed by atoms with E-state index >= 15 is 0 Å². The van der Waals surface area contributed by atoms with Crippen LogP contribution in [-0.2, 0) is 10.0 Å². The van der Waals surface area contributed by atoms with Gasteiger partial charge in [0.05, 0.1) is 16.2 Å². The summed E-state index contributed by atoms with van der Waals surface area (Å²) < 4.78 is 50.7. The van der Waals surface area contributed by atoms with Gasteiger partial charge in [-0.2, -0.15) is 5.10 Å². The first-order valence-electron chi connectivity index (χ1n) is 7.52. The Bertz CT molecular complexity index is 1230. The summed E-state index contributed by atoms with van der Waals surface area (Å²) >= 11 is 1.18. The number of halogens is 2. The van der Waals surface area contributed by atoms with Crippen molar-refractivity contribution in [2.45, 2.75) is 4.90 Å². The Morgan fingerprint density at radius 2 is 1.74 bits per heavy atom. The molecule has 0 atom stereocenters. The van der Waals surface area contributed by atoms with Gasteiger partial charge in [0.25, 0.3) is 0 Å². The van der Waals surface area contributed by atoms with E-state index in [2.05, 4.69) is 20.5 Å². The van der Waals surface area contributed by atoms with Gasteiger partial charge in [0.2, 0.25) is 10.0 Å². The molecule has 27 heavy (non-hydrogen) atoms. The average molecular weight is 407 g/mol. The number of hydrogen-bond donors (Lipinski definition) is 3. The van der Waals surface area contributed by atoms with Crippen molar-refractivity contribution < 1.29 is 17.2 Å². The van der Waals surface area contributed by atoms with Crippen LogP contribution in [0, 0.1) is 11.6 Å². The quantitative estimate of drug-likeness (QED) is 0.480. The van der Waals surface area contributed by atoms with Gasteiger partial charge in [-0.15, -0.1) is 0 Å². The first-order chi connectivity index (χ1) is 12.8. The summed E-state index contributed by atoms with van der Waals surface area (Å²) in [5, 5.41) is 15.2. The zero-order valence-corrected chi connectivity index (χ0v) is 15.0. The summed E-state index contributed by atoms with van der Waals surface area (Å²) in [4.78, 5) is 4.79. The summed E-state index contributed by atoms with van der Waals surface area (Å²) in [7, 11) is -3.77. The highest BCUT2D eigenvalue weighted by atomic mass is 32.2. The highest BCUT2D eigenvalue weighted by Crippen LogP contribution is 2.35. The molecule has 11 heteroatoms. The van der Waals surface area contributed by atoms with Crippen LogP contribution in [0.1, 0.15) is 0 Å². The molecular formula is C16H11F2N5O2S2. The first-order valence-corrected chi connectivity index (χ1v) is 9.88. The molecule has 0 unspecified atom stereocenters. The molecule has 0 saturated carbocycles. The number of H-pyrrole nitrogens is 1. The number of nitrogens with one attached hydrogen (secondary N) is 2. The molecule has 0 aliphatic rings. The second-order valence-electron chi connectivity index (χ2n) is 5.56. The Labute approximate surface area is 155 Å². The van der Waals surface area contributed by atoms with Crippen LogP contribution in [0.2, 0.25) is 0 Å². The van der Waals surface area contributed by atoms with Gasteiger partial charge >= 0.3 is 0 Å². The largest absolute Gasteiger partial charge is 0.331 e. The van der Waals surface area contributed by atoms with Crippen LogP contribution in [-0.4, -0.2) is 23.6 Å². The molecule has 4 N–H and O–H groups in total. The van der Waals surface area contributed by atoms with Crippen LogP contribution in [0.5, 0.6) is 0 Å². The van der Waals surface area contributed by atoms with Crippen LogP contribution in [0.25, 0.3) is 21.6 Å². The highest BCUT2D eigenvalue weighted by molar-refractivity contribution is 7.89. The number of anilines is 2. The predicted molar refractivity (Wildman–Crippen MR) is 98.2 cm³/mol. The number of benzene rings is 2. The lowest BCUT2D eigenvalue weighted by Crippen LogP contribution is -2.11. The van der Waals surface area contributed by atoms with Gasteiger partial charge in [0.1, 0.15) is 17.2 Å². The maximum Gasteiger partial charge on any atom is 0.238 e. The lowest BCUT2D eigenvalue weighted by Gasteiger charge is -2.04. The first kappa shape index (κ1) is 17.5. The van der Waals surface area contributed by atoms with Gasteiger partial charge in [0, 0.05) is 5.69 Å². The molecule has 2 aromatic heterocycles. The number of nitrogens with zero attached hydrogens (tertiary/aromatic N) is 2. The zero-order chi connectivity index (χ0) is 19.2. The molecular weight excluding hydrogens is 396 g/mol. The van der Waals surface area contributed by atoms with Crippen molar-refractivity contribution in [3.8, 4) is 11.3 Å². The Hall–Kier alpha value is -2.89. The van der Waals surface area contributed by atoms with Gasteiger partial charge in [-0.25, -0.2) is 27.3 Å². The SMILES string of the molecule is NS(=O)(=O)c1ccc(Nc2nc3c(-c4c(F)cccc4F)[nH]nc3s2)cc1. The van der Waals surface area contributed by atoms with Crippen LogP contribution in [0.15, 0.2) is 47.4 Å². The molecule has 138 valence electrons. The van der Waals surface area contributed by atoms with Crippen LogP contribution >= 0.6 is 11.3 Å². The maximum absolute atomic E-state index is 14.0. The van der Waals surface area contributed by atoms with E-state index in [4.69, 9.17) is 5.14 Å². The molecule has 4 rings (SSSR count). The summed E-state index contributed by atoms with van der Waals surface area (Å²) in [6.07, 6.45) is 0. The van der Waals surface area contributed by atoms with E-state index < -0.39 is 21.7 Å². The topological polar surface area (TPSA) is 114 Å². The monoisotopic (exact) mass is 407 g/mol. The number of aromatic nitrogens is 3. The number of hydrogen-bond acceptors (Lipinski definition) is 6. The molecule has 0 fully saturated rings. The van der Waals surface area contributed by atoms with Crippen molar-refractivity contribution in [1.82, 2.24) is 15.2 Å². The lowest BCUT2D eigenvalue weighted by molar-refractivity contribution is 0.588. The third kappa shape index (κ3) is 3.27. The highest BCUT2D eigenvalue weighted by Gasteiger charge is 2.19. The minimum atomic E-state index is -3.77. The normalized spacial score (nSPS) is 11.8. The Balaban J connectivity index is 1.68. The number of aromatic amines is 1. The third-order valence-electron chi connectivity index (χ3n) is 3.76. The molecule has 0 radical (unpaired) electrons. The van der Waals surface area contributed by atoms with Crippen LogP contribution in [0.3, 0.4) is 0 Å². The number of thiazole rings is 1. The van der Waals surface area contributed by atoms with Gasteiger partial charge in [-0.1, -0.05) is 17.4 Å². The standard InChI is InChI=1S/C16H11F2N5O2S2/c17-10-2-1-3-11(18)12(10)13-14-15(23-22-13)26-16(21-14)20-8-4-6-9(7-5-8)27(19,24)25/h1-7H,(H,20,21)(H,22,23)(H2,19,24,25). The summed E-state index contributed by atoms with van der Waals surface area (Å²) in [5.74, 6) is -1.44. The molecule has 0 bridgehead atoms. The average Bonchev–Trinajstić information content (AvgIpc) is 3.15. The van der Waals surface area contributed by atoms with Gasteiger partial charge in [-0.05, 0) is 36.4 Å². The second-order valence-corrected chi connectivity index (χ2v) is 8.10. The van der Waals surface area contributed by atoms with E-state index in [-0.39, 0.29) is 16.2 Å². The van der Waals surface area contributed by atoms with E-state index in [1.807, 2.05) is 0 Å². The number of primary sulfonamides is 1. The lowest BCUT2D eigenvalue weighted by atomic mass is 10.1. The fourth-order valence-electron chi connectivity index (χ4n) is 2.53. The van der Waals surface area contributed by atoms with Crippen molar-refractivity contribution in [3.63, 3.8) is 0 Å². The Morgan fingerprint density at radius 1 is 1.07 bits per heavy atom. The minimum Gasteiger partial charge on any atom is -0.331 e. The zero-order valence-electron chi connectivity index (χ0n) is 13.4. The van der Waals surface area contributed by atoms with Crippen LogP contribution < -0.4 is 10.5 Å². The fraction of sp³-hybridized carbons (Fsp3) is 0. The summed E-state index contributed by atoms with van der Waals surface area (Å²) in [5.41, 5.74) is 0.817. The summed E-state index contributed by atoms with van der Waals surface area (Å²) in [6.45, 7) is 0. The molecule has 0 amide bonds. The number of sulfonamides is 1. The maximum atomic E-state index is 14.0. The van der Waals surface area contributed by atoms with E-state index in [1.165, 1.54) is 41.7 Å². The van der Waals surface area contributed by atoms with E-state index in [1.54, 1.807) is 0 Å². The van der Waals surface area contributed by atoms with E-state index in [0.717, 1.165) is 12.1 Å². The van der Waals surface area contributed by atoms with E-state index in [0.29, 0.717) is 21.2 Å². The molecule has 2 aromatic carbocycles. The third-order valence-corrected chi connectivity index (χ3v) is 5.56.